The summed E-state index contributed by atoms with van der Waals surface area (Å²) in [5.41, 5.74) is 2.51. The highest BCUT2D eigenvalue weighted by molar-refractivity contribution is 6.10. The fourth-order valence-electron chi connectivity index (χ4n) is 2.24. The van der Waals surface area contributed by atoms with Crippen LogP contribution in [-0.2, 0) is 4.79 Å². The summed E-state index contributed by atoms with van der Waals surface area (Å²) in [5, 5.41) is 12.9. The molecule has 0 aliphatic rings. The number of rotatable bonds is 3. The van der Waals surface area contributed by atoms with Gasteiger partial charge in [0, 0.05) is 28.4 Å². The molecule has 4 heteroatoms. The molecule has 0 unspecified atom stereocenters. The number of amides is 1. The first-order valence-corrected chi connectivity index (χ1v) is 6.82. The highest BCUT2D eigenvalue weighted by Gasteiger charge is 2.10. The molecular weight excluding hydrogens is 274 g/mol. The van der Waals surface area contributed by atoms with Gasteiger partial charge in [-0.1, -0.05) is 36.4 Å². The Morgan fingerprint density at radius 1 is 1.09 bits per heavy atom. The number of nitrogens with zero attached hydrogens (tertiary/aromatic N) is 1. The molecule has 3 rings (SSSR count). The second kappa shape index (κ2) is 5.98. The highest BCUT2D eigenvalue weighted by Crippen LogP contribution is 2.20. The summed E-state index contributed by atoms with van der Waals surface area (Å²) in [4.78, 5) is 15.3. The molecule has 0 aliphatic heterocycles. The van der Waals surface area contributed by atoms with Crippen LogP contribution in [0.4, 0.5) is 5.69 Å². The van der Waals surface area contributed by atoms with E-state index in [2.05, 4.69) is 10.3 Å². The molecule has 2 aromatic carbocycles. The Hall–Kier alpha value is -3.32. The van der Waals surface area contributed by atoms with E-state index in [-0.39, 0.29) is 5.57 Å². The number of carbonyl (C=O) groups is 1. The number of anilines is 1. The number of nitrogens with one attached hydrogen (secondary N) is 2. The molecule has 0 radical (unpaired) electrons. The number of carbonyl (C=O) groups excluding carboxylic acids is 1. The summed E-state index contributed by atoms with van der Waals surface area (Å²) in [6, 6.07) is 18.8. The fraction of sp³-hybridized carbons (Fsp3) is 0. The maximum atomic E-state index is 12.2. The fourth-order valence-corrected chi connectivity index (χ4v) is 2.24. The minimum atomic E-state index is -0.418. The number of H-pyrrole nitrogens is 1. The van der Waals surface area contributed by atoms with Crippen LogP contribution in [0.15, 0.2) is 66.4 Å². The number of hydrogen-bond donors (Lipinski definition) is 2. The quantitative estimate of drug-likeness (QED) is 0.569. The topological polar surface area (TPSA) is 68.7 Å². The lowest BCUT2D eigenvalue weighted by Crippen LogP contribution is -2.13. The second-order valence-electron chi connectivity index (χ2n) is 4.78. The van der Waals surface area contributed by atoms with Gasteiger partial charge < -0.3 is 10.3 Å². The Morgan fingerprint density at radius 3 is 2.59 bits per heavy atom. The molecule has 0 saturated heterocycles. The van der Waals surface area contributed by atoms with Gasteiger partial charge in [-0.05, 0) is 24.3 Å². The Balaban J connectivity index is 1.90. The second-order valence-corrected chi connectivity index (χ2v) is 4.78. The predicted octanol–water partition coefficient (Wildman–Crippen LogP) is 3.71. The Morgan fingerprint density at radius 2 is 1.82 bits per heavy atom. The molecule has 4 nitrogen and oxygen atoms in total. The third kappa shape index (κ3) is 2.74. The average Bonchev–Trinajstić information content (AvgIpc) is 2.96. The van der Waals surface area contributed by atoms with E-state index in [0.29, 0.717) is 5.69 Å². The number of aromatic amines is 1. The molecule has 22 heavy (non-hydrogen) atoms. The molecule has 0 bridgehead atoms. The van der Waals surface area contributed by atoms with E-state index in [1.165, 1.54) is 0 Å². The zero-order valence-electron chi connectivity index (χ0n) is 11.7. The van der Waals surface area contributed by atoms with Crippen molar-refractivity contribution in [3.05, 3.63) is 71.9 Å². The van der Waals surface area contributed by atoms with Crippen LogP contribution in [0.2, 0.25) is 0 Å². The monoisotopic (exact) mass is 287 g/mol. The molecular formula is C18H13N3O. The van der Waals surface area contributed by atoms with Crippen LogP contribution in [0, 0.1) is 11.3 Å². The summed E-state index contributed by atoms with van der Waals surface area (Å²) >= 11 is 0. The number of hydrogen-bond acceptors (Lipinski definition) is 2. The third-order valence-corrected chi connectivity index (χ3v) is 3.32. The molecule has 1 aromatic heterocycles. The van der Waals surface area contributed by atoms with Gasteiger partial charge in [0.25, 0.3) is 5.91 Å². The summed E-state index contributed by atoms with van der Waals surface area (Å²) < 4.78 is 0. The maximum absolute atomic E-state index is 12.2. The molecule has 0 saturated carbocycles. The highest BCUT2D eigenvalue weighted by atomic mass is 16.1. The van der Waals surface area contributed by atoms with Gasteiger partial charge in [0.1, 0.15) is 11.6 Å². The van der Waals surface area contributed by atoms with Crippen molar-refractivity contribution >= 4 is 28.6 Å². The Labute approximate surface area is 127 Å². The minimum absolute atomic E-state index is 0.0635. The van der Waals surface area contributed by atoms with Crippen LogP contribution in [0.5, 0.6) is 0 Å². The summed E-state index contributed by atoms with van der Waals surface area (Å²) in [6.07, 6.45) is 3.38. The molecule has 106 valence electrons. The van der Waals surface area contributed by atoms with E-state index in [1.807, 2.05) is 48.5 Å². The van der Waals surface area contributed by atoms with E-state index in [1.54, 1.807) is 24.4 Å². The van der Waals surface area contributed by atoms with Crippen molar-refractivity contribution < 1.29 is 4.79 Å². The molecule has 3 aromatic rings. The van der Waals surface area contributed by atoms with E-state index in [4.69, 9.17) is 0 Å². The molecule has 1 heterocycles. The normalized spacial score (nSPS) is 11.1. The molecule has 0 spiro atoms. The molecule has 1 amide bonds. The maximum Gasteiger partial charge on any atom is 0.266 e. The zero-order valence-corrected chi connectivity index (χ0v) is 11.7. The van der Waals surface area contributed by atoms with Crippen molar-refractivity contribution in [1.82, 2.24) is 4.98 Å². The summed E-state index contributed by atoms with van der Waals surface area (Å²) in [7, 11) is 0. The largest absolute Gasteiger partial charge is 0.361 e. The number of para-hydroxylation sites is 2. The van der Waals surface area contributed by atoms with Gasteiger partial charge in [0.2, 0.25) is 0 Å². The van der Waals surface area contributed by atoms with Crippen LogP contribution in [0.1, 0.15) is 5.56 Å². The van der Waals surface area contributed by atoms with Gasteiger partial charge in [-0.3, -0.25) is 4.79 Å². The van der Waals surface area contributed by atoms with Crippen LogP contribution >= 0.6 is 0 Å². The van der Waals surface area contributed by atoms with Crippen molar-refractivity contribution in [1.29, 1.82) is 5.26 Å². The number of aromatic nitrogens is 1. The Bertz CT molecular complexity index is 885. The van der Waals surface area contributed by atoms with Crippen LogP contribution in [-0.4, -0.2) is 10.9 Å². The van der Waals surface area contributed by atoms with Crippen LogP contribution < -0.4 is 5.32 Å². The summed E-state index contributed by atoms with van der Waals surface area (Å²) in [5.74, 6) is -0.418. The van der Waals surface area contributed by atoms with Gasteiger partial charge in [-0.2, -0.15) is 5.26 Å². The van der Waals surface area contributed by atoms with E-state index >= 15 is 0 Å². The van der Waals surface area contributed by atoms with Crippen molar-refractivity contribution in [2.24, 2.45) is 0 Å². The first-order valence-electron chi connectivity index (χ1n) is 6.82. The van der Waals surface area contributed by atoms with Gasteiger partial charge in [-0.15, -0.1) is 0 Å². The molecule has 0 atom stereocenters. The Kier molecular flexibility index (Phi) is 3.71. The van der Waals surface area contributed by atoms with E-state index in [0.717, 1.165) is 16.5 Å². The lowest BCUT2D eigenvalue weighted by molar-refractivity contribution is -0.112. The SMILES string of the molecule is N#C/C(=C\c1c[nH]c2ccccc12)C(=O)Nc1ccccc1. The van der Waals surface area contributed by atoms with Gasteiger partial charge >= 0.3 is 0 Å². The van der Waals surface area contributed by atoms with Crippen molar-refractivity contribution in [3.8, 4) is 6.07 Å². The average molecular weight is 287 g/mol. The first-order chi connectivity index (χ1) is 10.8. The van der Waals surface area contributed by atoms with Gasteiger partial charge in [0.05, 0.1) is 0 Å². The lowest BCUT2D eigenvalue weighted by atomic mass is 10.1. The third-order valence-electron chi connectivity index (χ3n) is 3.32. The van der Waals surface area contributed by atoms with Crippen molar-refractivity contribution in [3.63, 3.8) is 0 Å². The van der Waals surface area contributed by atoms with Crippen LogP contribution in [0.25, 0.3) is 17.0 Å². The van der Waals surface area contributed by atoms with Crippen LogP contribution in [0.3, 0.4) is 0 Å². The molecule has 2 N–H and O–H groups in total. The number of nitriles is 1. The lowest BCUT2D eigenvalue weighted by Gasteiger charge is -2.03. The summed E-state index contributed by atoms with van der Waals surface area (Å²) in [6.45, 7) is 0. The molecule has 0 aliphatic carbocycles. The minimum Gasteiger partial charge on any atom is -0.361 e. The first kappa shape index (κ1) is 13.7. The standard InChI is InChI=1S/C18H13N3O/c19-11-13(18(22)21-15-6-2-1-3-7-15)10-14-12-20-17-9-5-4-8-16(14)17/h1-10,12,20H,(H,21,22)/b13-10+. The van der Waals surface area contributed by atoms with E-state index < -0.39 is 5.91 Å². The number of benzene rings is 2. The predicted molar refractivity (Wildman–Crippen MR) is 87.0 cm³/mol. The van der Waals surface area contributed by atoms with Crippen molar-refractivity contribution in [2.75, 3.05) is 5.32 Å². The smallest absolute Gasteiger partial charge is 0.266 e. The zero-order chi connectivity index (χ0) is 15.4. The van der Waals surface area contributed by atoms with Gasteiger partial charge in [-0.25, -0.2) is 0 Å². The molecule has 0 fully saturated rings. The van der Waals surface area contributed by atoms with Crippen molar-refractivity contribution in [2.45, 2.75) is 0 Å². The van der Waals surface area contributed by atoms with E-state index in [9.17, 15) is 10.1 Å². The van der Waals surface area contributed by atoms with Gasteiger partial charge in [0.15, 0.2) is 0 Å². The number of fused-ring (bicyclic) bond motifs is 1.